The lowest BCUT2D eigenvalue weighted by Crippen LogP contribution is -2.40. The molecular formula is C20H24F3N5O3S. The summed E-state index contributed by atoms with van der Waals surface area (Å²) in [4.78, 5) is 10.5. The van der Waals surface area contributed by atoms with Gasteiger partial charge in [0.25, 0.3) is 0 Å². The average Bonchev–Trinajstić information content (AvgIpc) is 3.46. The molecule has 2 N–H and O–H groups in total. The predicted octanol–water partition coefficient (Wildman–Crippen LogP) is 2.89. The second kappa shape index (κ2) is 8.39. The normalized spacial score (nSPS) is 19.1. The molecule has 0 radical (unpaired) electrons. The van der Waals surface area contributed by atoms with E-state index in [4.69, 9.17) is 5.73 Å². The maximum absolute atomic E-state index is 12.7. The fraction of sp³-hybridized carbons (Fsp3) is 0.500. The van der Waals surface area contributed by atoms with Gasteiger partial charge in [0.1, 0.15) is 5.82 Å². The highest BCUT2D eigenvalue weighted by molar-refractivity contribution is 7.91. The zero-order chi connectivity index (χ0) is 23.1. The molecule has 0 atom stereocenters. The van der Waals surface area contributed by atoms with Crippen LogP contribution in [-0.4, -0.2) is 65.4 Å². The number of sulfone groups is 1. The fourth-order valence-corrected chi connectivity index (χ4v) is 4.88. The van der Waals surface area contributed by atoms with Crippen molar-refractivity contribution in [1.29, 1.82) is 0 Å². The third kappa shape index (κ3) is 5.41. The number of nitrogens with two attached hydrogens (primary N) is 1. The van der Waals surface area contributed by atoms with Crippen LogP contribution >= 0.6 is 0 Å². The molecule has 2 aromatic rings. The van der Waals surface area contributed by atoms with Gasteiger partial charge in [-0.3, -0.25) is 0 Å². The van der Waals surface area contributed by atoms with E-state index in [1.807, 2.05) is 4.57 Å². The summed E-state index contributed by atoms with van der Waals surface area (Å²) in [6.07, 6.45) is 0.791. The Morgan fingerprint density at radius 1 is 1.28 bits per heavy atom. The van der Waals surface area contributed by atoms with Gasteiger partial charge in [-0.05, 0) is 18.9 Å². The predicted molar refractivity (Wildman–Crippen MR) is 114 cm³/mol. The van der Waals surface area contributed by atoms with Crippen molar-refractivity contribution in [2.75, 3.05) is 36.9 Å². The van der Waals surface area contributed by atoms with Crippen molar-refractivity contribution in [1.82, 2.24) is 19.4 Å². The fourth-order valence-electron chi connectivity index (χ4n) is 3.60. The summed E-state index contributed by atoms with van der Waals surface area (Å²) in [6, 6.07) is 1.18. The van der Waals surface area contributed by atoms with Crippen LogP contribution in [0, 0.1) is 0 Å². The summed E-state index contributed by atoms with van der Waals surface area (Å²) < 4.78 is 67.0. The third-order valence-corrected chi connectivity index (χ3v) is 7.18. The molecule has 4 rings (SSSR count). The zero-order valence-electron chi connectivity index (χ0n) is 17.3. The maximum atomic E-state index is 12.7. The van der Waals surface area contributed by atoms with Crippen molar-refractivity contribution >= 4 is 21.4 Å². The SMILES string of the molecule is C=C(CCN1CCS(=O)(=O)CC1)n1cc(-c2cnc(N)c(OC(F)(F)F)c2)nc1C1CC1. The largest absolute Gasteiger partial charge is 0.573 e. The Hall–Kier alpha value is -2.60. The number of nitrogens with zero attached hydrogens (tertiary/aromatic N) is 4. The van der Waals surface area contributed by atoms with Gasteiger partial charge in [-0.2, -0.15) is 0 Å². The number of hydrogen-bond acceptors (Lipinski definition) is 7. The minimum absolute atomic E-state index is 0.161. The number of rotatable bonds is 7. The van der Waals surface area contributed by atoms with Gasteiger partial charge in [-0.1, -0.05) is 6.58 Å². The Balaban J connectivity index is 1.52. The van der Waals surface area contributed by atoms with Crippen molar-refractivity contribution < 1.29 is 26.3 Å². The molecule has 1 aliphatic heterocycles. The standard InChI is InChI=1S/C20H24F3N5O3S/c1-13(4-5-27-6-8-32(29,30)9-7-27)28-12-16(26-19(28)14-2-3-14)15-10-17(18(24)25-11-15)31-20(21,22)23/h10-12,14H,1-9H2,(H2,24,25). The van der Waals surface area contributed by atoms with E-state index in [0.29, 0.717) is 37.3 Å². The topological polar surface area (TPSA) is 103 Å². The Morgan fingerprint density at radius 3 is 2.59 bits per heavy atom. The summed E-state index contributed by atoms with van der Waals surface area (Å²) in [5.74, 6) is 0.468. The van der Waals surface area contributed by atoms with E-state index < -0.39 is 21.9 Å². The van der Waals surface area contributed by atoms with Crippen LogP contribution in [0.1, 0.15) is 31.0 Å². The molecule has 32 heavy (non-hydrogen) atoms. The molecule has 1 saturated carbocycles. The smallest absolute Gasteiger partial charge is 0.402 e. The Kier molecular flexibility index (Phi) is 5.93. The van der Waals surface area contributed by atoms with Gasteiger partial charge in [0, 0.05) is 55.6 Å². The molecule has 2 aliphatic rings. The van der Waals surface area contributed by atoms with Crippen LogP contribution in [0.25, 0.3) is 17.0 Å². The molecule has 12 heteroatoms. The van der Waals surface area contributed by atoms with Gasteiger partial charge in [-0.15, -0.1) is 13.2 Å². The van der Waals surface area contributed by atoms with Gasteiger partial charge in [0.15, 0.2) is 21.4 Å². The number of nitrogen functional groups attached to an aromatic ring is 1. The first-order valence-corrected chi connectivity index (χ1v) is 12.0. The number of halogens is 3. The van der Waals surface area contributed by atoms with E-state index in [1.54, 1.807) is 6.20 Å². The van der Waals surface area contributed by atoms with Crippen LogP contribution in [0.15, 0.2) is 25.0 Å². The van der Waals surface area contributed by atoms with Crippen LogP contribution < -0.4 is 10.5 Å². The molecule has 0 unspecified atom stereocenters. The lowest BCUT2D eigenvalue weighted by molar-refractivity contribution is -0.274. The lowest BCUT2D eigenvalue weighted by atomic mass is 10.2. The number of hydrogen-bond donors (Lipinski definition) is 1. The van der Waals surface area contributed by atoms with Gasteiger partial charge in [0.2, 0.25) is 0 Å². The maximum Gasteiger partial charge on any atom is 0.573 e. The molecule has 1 saturated heterocycles. The molecule has 1 aliphatic carbocycles. The van der Waals surface area contributed by atoms with E-state index in [0.717, 1.165) is 24.4 Å². The highest BCUT2D eigenvalue weighted by atomic mass is 32.2. The summed E-state index contributed by atoms with van der Waals surface area (Å²) in [5.41, 5.74) is 7.12. The highest BCUT2D eigenvalue weighted by Gasteiger charge is 2.33. The van der Waals surface area contributed by atoms with Crippen molar-refractivity contribution in [3.63, 3.8) is 0 Å². The minimum Gasteiger partial charge on any atom is -0.402 e. The molecule has 0 spiro atoms. The molecular weight excluding hydrogens is 447 g/mol. The van der Waals surface area contributed by atoms with Gasteiger partial charge in [0.05, 0.1) is 17.2 Å². The lowest BCUT2D eigenvalue weighted by Gasteiger charge is -2.26. The number of anilines is 1. The monoisotopic (exact) mass is 471 g/mol. The van der Waals surface area contributed by atoms with Crippen LogP contribution in [0.4, 0.5) is 19.0 Å². The van der Waals surface area contributed by atoms with Crippen molar-refractivity contribution in [2.45, 2.75) is 31.5 Å². The van der Waals surface area contributed by atoms with E-state index in [-0.39, 0.29) is 23.2 Å². The Labute approximate surface area is 183 Å². The first kappa shape index (κ1) is 22.6. The number of pyridine rings is 1. The second-order valence-corrected chi connectivity index (χ2v) is 10.4. The number of ether oxygens (including phenoxy) is 1. The summed E-state index contributed by atoms with van der Waals surface area (Å²) in [6.45, 7) is 5.83. The Bertz CT molecular complexity index is 1110. The van der Waals surface area contributed by atoms with Crippen LogP contribution in [0.3, 0.4) is 0 Å². The van der Waals surface area contributed by atoms with E-state index in [1.165, 1.54) is 12.3 Å². The second-order valence-electron chi connectivity index (χ2n) is 8.09. The summed E-state index contributed by atoms with van der Waals surface area (Å²) >= 11 is 0. The van der Waals surface area contributed by atoms with Crippen molar-refractivity contribution in [3.8, 4) is 17.0 Å². The molecule has 0 aromatic carbocycles. The van der Waals surface area contributed by atoms with Crippen molar-refractivity contribution in [2.24, 2.45) is 0 Å². The molecule has 8 nitrogen and oxygen atoms in total. The van der Waals surface area contributed by atoms with Crippen LogP contribution in [-0.2, 0) is 9.84 Å². The minimum atomic E-state index is -4.88. The number of alkyl halides is 3. The Morgan fingerprint density at radius 2 is 1.97 bits per heavy atom. The van der Waals surface area contributed by atoms with Gasteiger partial charge < -0.3 is 19.9 Å². The van der Waals surface area contributed by atoms with E-state index in [9.17, 15) is 21.6 Å². The zero-order valence-corrected chi connectivity index (χ0v) is 18.1. The summed E-state index contributed by atoms with van der Waals surface area (Å²) in [7, 11) is -2.94. The molecule has 3 heterocycles. The van der Waals surface area contributed by atoms with Crippen molar-refractivity contribution in [3.05, 3.63) is 30.9 Å². The molecule has 0 amide bonds. The first-order valence-electron chi connectivity index (χ1n) is 10.2. The number of aromatic nitrogens is 3. The molecule has 2 aromatic heterocycles. The highest BCUT2D eigenvalue weighted by Crippen LogP contribution is 2.42. The van der Waals surface area contributed by atoms with Gasteiger partial charge in [-0.25, -0.2) is 18.4 Å². The van der Waals surface area contributed by atoms with Gasteiger partial charge >= 0.3 is 6.36 Å². The summed E-state index contributed by atoms with van der Waals surface area (Å²) in [5, 5.41) is 0. The van der Waals surface area contributed by atoms with Crippen LogP contribution in [0.2, 0.25) is 0 Å². The average molecular weight is 472 g/mol. The quantitative estimate of drug-likeness (QED) is 0.662. The van der Waals surface area contributed by atoms with E-state index in [2.05, 4.69) is 26.2 Å². The molecule has 0 bridgehead atoms. The first-order chi connectivity index (χ1) is 15.0. The molecule has 2 fully saturated rings. The van der Waals surface area contributed by atoms with Crippen LogP contribution in [0.5, 0.6) is 5.75 Å². The third-order valence-electron chi connectivity index (χ3n) is 5.57. The number of imidazole rings is 1. The molecule has 174 valence electrons. The van der Waals surface area contributed by atoms with E-state index >= 15 is 0 Å².